The van der Waals surface area contributed by atoms with E-state index in [1.54, 1.807) is 0 Å². The number of piperidine rings is 1. The molecule has 4 N–H and O–H groups in total. The van der Waals surface area contributed by atoms with Gasteiger partial charge in [0.1, 0.15) is 12.4 Å². The van der Waals surface area contributed by atoms with Crippen LogP contribution < -0.4 is 20.3 Å². The Bertz CT molecular complexity index is 1000. The van der Waals surface area contributed by atoms with Gasteiger partial charge >= 0.3 is 11.9 Å². The zero-order chi connectivity index (χ0) is 24.8. The summed E-state index contributed by atoms with van der Waals surface area (Å²) in [5.41, 5.74) is 0.967. The van der Waals surface area contributed by atoms with Crippen molar-refractivity contribution in [2.75, 3.05) is 38.7 Å². The topological polar surface area (TPSA) is 154 Å². The van der Waals surface area contributed by atoms with E-state index in [4.69, 9.17) is 19.7 Å². The van der Waals surface area contributed by atoms with Crippen LogP contribution in [0.1, 0.15) is 24.8 Å². The van der Waals surface area contributed by atoms with E-state index in [0.29, 0.717) is 31.3 Å². The fourth-order valence-electron chi connectivity index (χ4n) is 3.21. The van der Waals surface area contributed by atoms with Gasteiger partial charge in [-0.2, -0.15) is 0 Å². The maximum Gasteiger partial charge on any atom is 0.328 e. The van der Waals surface area contributed by atoms with Gasteiger partial charge in [-0.3, -0.25) is 14.7 Å². The number of hydrogen-bond donors (Lipinski definition) is 4. The first-order chi connectivity index (χ1) is 16.4. The molecule has 11 heteroatoms. The van der Waals surface area contributed by atoms with Crippen LogP contribution in [0.5, 0.6) is 11.5 Å². The Kier molecular flexibility index (Phi) is 11.1. The SMILES string of the molecule is COc1cnc(NCCOc2cccc(CN3CCCCC3)c2)[nH]c1=O.O=C(O)C=CC(=O)O. The molecule has 0 aliphatic carbocycles. The molecule has 0 bridgehead atoms. The number of aromatic nitrogens is 2. The molecule has 1 aliphatic rings. The minimum atomic E-state index is -1.26. The highest BCUT2D eigenvalue weighted by Gasteiger charge is 2.10. The number of aromatic amines is 1. The number of carbonyl (C=O) groups is 2. The fourth-order valence-corrected chi connectivity index (χ4v) is 3.21. The standard InChI is InChI=1S/C19H26N4O3.C4H4O4/c1-25-17-13-21-19(22-18(17)24)20-8-11-26-16-7-5-6-15(12-16)14-23-9-3-2-4-10-23;5-3(6)1-2-4(7)8/h5-7,12-13H,2-4,8-11,14H2,1H3,(H2,20,21,22,24);1-2H,(H,5,6)(H,7,8). The zero-order valence-electron chi connectivity index (χ0n) is 19.0. The molecule has 2 heterocycles. The normalized spacial score (nSPS) is 13.6. The van der Waals surface area contributed by atoms with Gasteiger partial charge in [-0.05, 0) is 43.6 Å². The molecule has 1 aromatic carbocycles. The second-order valence-corrected chi connectivity index (χ2v) is 7.40. The van der Waals surface area contributed by atoms with Crippen LogP contribution in [0, 0.1) is 0 Å². The summed E-state index contributed by atoms with van der Waals surface area (Å²) in [6.45, 7) is 4.35. The van der Waals surface area contributed by atoms with Gasteiger partial charge in [0.2, 0.25) is 11.7 Å². The van der Waals surface area contributed by atoms with Crippen LogP contribution in [-0.2, 0) is 16.1 Å². The van der Waals surface area contributed by atoms with Crippen LogP contribution in [0.25, 0.3) is 0 Å². The first kappa shape index (κ1) is 26.4. The van der Waals surface area contributed by atoms with Gasteiger partial charge in [-0.15, -0.1) is 0 Å². The lowest BCUT2D eigenvalue weighted by Gasteiger charge is -2.26. The lowest BCUT2D eigenvalue weighted by molar-refractivity contribution is -0.134. The van der Waals surface area contributed by atoms with Crippen LogP contribution in [0.4, 0.5) is 5.95 Å². The summed E-state index contributed by atoms with van der Waals surface area (Å²) in [6.07, 6.45) is 6.45. The first-order valence-electron chi connectivity index (χ1n) is 10.8. The van der Waals surface area contributed by atoms with Gasteiger partial charge < -0.3 is 25.0 Å². The van der Waals surface area contributed by atoms with Gasteiger partial charge in [-0.25, -0.2) is 14.6 Å². The van der Waals surface area contributed by atoms with E-state index in [2.05, 4.69) is 32.3 Å². The molecule has 1 fully saturated rings. The number of likely N-dealkylation sites (tertiary alicyclic amines) is 1. The number of rotatable bonds is 10. The van der Waals surface area contributed by atoms with Gasteiger partial charge in [-0.1, -0.05) is 18.6 Å². The average molecular weight is 475 g/mol. The number of aliphatic carboxylic acids is 2. The van der Waals surface area contributed by atoms with E-state index in [1.807, 2.05) is 12.1 Å². The molecule has 34 heavy (non-hydrogen) atoms. The van der Waals surface area contributed by atoms with Crippen molar-refractivity contribution >= 4 is 17.9 Å². The average Bonchev–Trinajstić information content (AvgIpc) is 2.82. The molecule has 184 valence electrons. The quantitative estimate of drug-likeness (QED) is 0.297. The third-order valence-corrected chi connectivity index (χ3v) is 4.77. The molecular formula is C23H30N4O7. The molecule has 0 amide bonds. The first-order valence-corrected chi connectivity index (χ1v) is 10.8. The number of anilines is 1. The molecule has 0 atom stereocenters. The summed E-state index contributed by atoms with van der Waals surface area (Å²) in [5, 5.41) is 18.7. The summed E-state index contributed by atoms with van der Waals surface area (Å²) in [6, 6.07) is 8.24. The van der Waals surface area contributed by atoms with E-state index in [9.17, 15) is 14.4 Å². The van der Waals surface area contributed by atoms with Crippen molar-refractivity contribution in [1.82, 2.24) is 14.9 Å². The molecule has 0 unspecified atom stereocenters. The molecule has 0 radical (unpaired) electrons. The summed E-state index contributed by atoms with van der Waals surface area (Å²) in [4.78, 5) is 39.9. The van der Waals surface area contributed by atoms with Crippen molar-refractivity contribution in [3.63, 3.8) is 0 Å². The number of benzene rings is 1. The van der Waals surface area contributed by atoms with E-state index in [1.165, 1.54) is 51.2 Å². The minimum absolute atomic E-state index is 0.192. The van der Waals surface area contributed by atoms with Gasteiger partial charge in [0.05, 0.1) is 19.9 Å². The smallest absolute Gasteiger partial charge is 0.328 e. The van der Waals surface area contributed by atoms with E-state index in [0.717, 1.165) is 12.3 Å². The molecule has 1 aliphatic heterocycles. The summed E-state index contributed by atoms with van der Waals surface area (Å²) < 4.78 is 10.7. The number of nitrogens with one attached hydrogen (secondary N) is 2. The zero-order valence-corrected chi connectivity index (χ0v) is 19.0. The van der Waals surface area contributed by atoms with Crippen molar-refractivity contribution in [2.24, 2.45) is 0 Å². The Morgan fingerprint density at radius 1 is 1.18 bits per heavy atom. The Labute approximate surface area is 197 Å². The second kappa shape index (κ2) is 14.3. The molecule has 3 rings (SSSR count). The number of H-pyrrole nitrogens is 1. The Hall–Kier alpha value is -3.86. The monoisotopic (exact) mass is 474 g/mol. The van der Waals surface area contributed by atoms with E-state index >= 15 is 0 Å². The van der Waals surface area contributed by atoms with Crippen molar-refractivity contribution in [2.45, 2.75) is 25.8 Å². The maximum atomic E-state index is 11.6. The van der Waals surface area contributed by atoms with Crippen molar-refractivity contribution < 1.29 is 29.3 Å². The summed E-state index contributed by atoms with van der Waals surface area (Å²) in [7, 11) is 1.44. The lowest BCUT2D eigenvalue weighted by Crippen LogP contribution is -2.29. The largest absolute Gasteiger partial charge is 0.492 e. The number of ether oxygens (including phenoxy) is 2. The minimum Gasteiger partial charge on any atom is -0.492 e. The van der Waals surface area contributed by atoms with Crippen LogP contribution in [0.2, 0.25) is 0 Å². The fraction of sp³-hybridized carbons (Fsp3) is 0.391. The van der Waals surface area contributed by atoms with Crippen molar-refractivity contribution in [3.05, 3.63) is 58.5 Å². The second-order valence-electron chi connectivity index (χ2n) is 7.40. The van der Waals surface area contributed by atoms with Crippen LogP contribution >= 0.6 is 0 Å². The van der Waals surface area contributed by atoms with Gasteiger partial charge in [0.15, 0.2) is 0 Å². The highest BCUT2D eigenvalue weighted by Crippen LogP contribution is 2.17. The molecule has 2 aromatic rings. The van der Waals surface area contributed by atoms with Crippen LogP contribution in [0.15, 0.2) is 47.4 Å². The predicted molar refractivity (Wildman–Crippen MR) is 125 cm³/mol. The Morgan fingerprint density at radius 3 is 2.50 bits per heavy atom. The Morgan fingerprint density at radius 2 is 1.88 bits per heavy atom. The molecule has 1 aromatic heterocycles. The highest BCUT2D eigenvalue weighted by atomic mass is 16.5. The molecule has 1 saturated heterocycles. The third kappa shape index (κ3) is 10.2. The number of carboxylic acids is 2. The number of methoxy groups -OCH3 is 1. The maximum absolute atomic E-state index is 11.6. The molecular weight excluding hydrogens is 444 g/mol. The summed E-state index contributed by atoms with van der Waals surface area (Å²) >= 11 is 0. The predicted octanol–water partition coefficient (Wildman–Crippen LogP) is 1.97. The summed E-state index contributed by atoms with van der Waals surface area (Å²) in [5.74, 6) is -1.06. The molecule has 0 spiro atoms. The van der Waals surface area contributed by atoms with Crippen LogP contribution in [-0.4, -0.2) is 70.4 Å². The van der Waals surface area contributed by atoms with Gasteiger partial charge in [0, 0.05) is 18.7 Å². The highest BCUT2D eigenvalue weighted by molar-refractivity contribution is 5.89. The van der Waals surface area contributed by atoms with Crippen molar-refractivity contribution in [3.8, 4) is 11.5 Å². The Balaban J connectivity index is 0.000000440. The van der Waals surface area contributed by atoms with Crippen LogP contribution in [0.3, 0.4) is 0 Å². The molecule has 11 nitrogen and oxygen atoms in total. The van der Waals surface area contributed by atoms with E-state index < -0.39 is 11.9 Å². The van der Waals surface area contributed by atoms with Gasteiger partial charge in [0.25, 0.3) is 5.56 Å². The lowest BCUT2D eigenvalue weighted by atomic mass is 10.1. The number of carboxylic acid groups (broad SMARTS) is 2. The number of nitrogens with zero attached hydrogens (tertiary/aromatic N) is 2. The third-order valence-electron chi connectivity index (χ3n) is 4.77. The van der Waals surface area contributed by atoms with Crippen molar-refractivity contribution in [1.29, 1.82) is 0 Å². The van der Waals surface area contributed by atoms with E-state index in [-0.39, 0.29) is 11.3 Å². The molecule has 0 saturated carbocycles. The number of hydrogen-bond acceptors (Lipinski definition) is 8.